The van der Waals surface area contributed by atoms with Crippen LogP contribution in [0.25, 0.3) is 0 Å². The second-order valence-corrected chi connectivity index (χ2v) is 3.61. The molecule has 0 spiro atoms. The Balaban J connectivity index is 2.58. The Morgan fingerprint density at radius 3 is 2.69 bits per heavy atom. The first-order valence-electron chi connectivity index (χ1n) is 4.67. The molecule has 2 unspecified atom stereocenters. The van der Waals surface area contributed by atoms with E-state index in [4.69, 9.17) is 0 Å². The van der Waals surface area contributed by atoms with Crippen LogP contribution in [0.3, 0.4) is 0 Å². The standard InChI is InChI=1S/C9H18N4/c1-7(5-8(2)10-3)9-6-11-12-13(9)4/h6-8,10H,5H2,1-4H3. The van der Waals surface area contributed by atoms with Crippen molar-refractivity contribution in [1.29, 1.82) is 0 Å². The number of rotatable bonds is 4. The third-order valence-corrected chi connectivity index (χ3v) is 2.45. The van der Waals surface area contributed by atoms with Gasteiger partial charge in [-0.3, -0.25) is 4.68 Å². The average Bonchev–Trinajstić information content (AvgIpc) is 2.51. The lowest BCUT2D eigenvalue weighted by Crippen LogP contribution is -2.23. The van der Waals surface area contributed by atoms with Crippen molar-refractivity contribution in [2.45, 2.75) is 32.2 Å². The third kappa shape index (κ3) is 2.52. The molecule has 13 heavy (non-hydrogen) atoms. The maximum atomic E-state index is 3.92. The zero-order valence-electron chi connectivity index (χ0n) is 8.78. The first-order valence-corrected chi connectivity index (χ1v) is 4.67. The molecule has 1 aromatic heterocycles. The van der Waals surface area contributed by atoms with Crippen molar-refractivity contribution in [3.8, 4) is 0 Å². The summed E-state index contributed by atoms with van der Waals surface area (Å²) < 4.78 is 1.84. The first kappa shape index (κ1) is 10.2. The van der Waals surface area contributed by atoms with Crippen molar-refractivity contribution >= 4 is 0 Å². The zero-order valence-corrected chi connectivity index (χ0v) is 8.78. The van der Waals surface area contributed by atoms with Crippen LogP contribution < -0.4 is 5.32 Å². The summed E-state index contributed by atoms with van der Waals surface area (Å²) in [6.45, 7) is 4.38. The predicted octanol–water partition coefficient (Wildman–Crippen LogP) is 0.917. The van der Waals surface area contributed by atoms with Crippen molar-refractivity contribution < 1.29 is 0 Å². The normalized spacial score (nSPS) is 15.7. The molecule has 0 saturated carbocycles. The minimum atomic E-state index is 0.502. The highest BCUT2D eigenvalue weighted by molar-refractivity contribution is 5.01. The van der Waals surface area contributed by atoms with Crippen molar-refractivity contribution in [3.63, 3.8) is 0 Å². The molecule has 0 aliphatic carbocycles. The highest BCUT2D eigenvalue weighted by atomic mass is 15.4. The highest BCUT2D eigenvalue weighted by Crippen LogP contribution is 2.18. The fourth-order valence-corrected chi connectivity index (χ4v) is 1.51. The van der Waals surface area contributed by atoms with Gasteiger partial charge in [-0.1, -0.05) is 12.1 Å². The lowest BCUT2D eigenvalue weighted by molar-refractivity contribution is 0.495. The number of nitrogens with zero attached hydrogens (tertiary/aromatic N) is 3. The number of aryl methyl sites for hydroxylation is 1. The lowest BCUT2D eigenvalue weighted by Gasteiger charge is -2.15. The van der Waals surface area contributed by atoms with E-state index in [1.807, 2.05) is 25.0 Å². The van der Waals surface area contributed by atoms with E-state index in [2.05, 4.69) is 29.5 Å². The zero-order chi connectivity index (χ0) is 9.84. The molecule has 2 atom stereocenters. The molecule has 0 bridgehead atoms. The van der Waals surface area contributed by atoms with Gasteiger partial charge in [-0.25, -0.2) is 0 Å². The van der Waals surface area contributed by atoms with Crippen LogP contribution in [0, 0.1) is 0 Å². The summed E-state index contributed by atoms with van der Waals surface area (Å²) in [6, 6.07) is 0.532. The molecule has 0 amide bonds. The molecule has 0 aliphatic heterocycles. The van der Waals surface area contributed by atoms with Crippen LogP contribution in [-0.2, 0) is 7.05 Å². The van der Waals surface area contributed by atoms with Gasteiger partial charge in [-0.2, -0.15) is 0 Å². The minimum absolute atomic E-state index is 0.502. The smallest absolute Gasteiger partial charge is 0.0727 e. The van der Waals surface area contributed by atoms with Crippen LogP contribution in [0.15, 0.2) is 6.20 Å². The fraction of sp³-hybridized carbons (Fsp3) is 0.778. The van der Waals surface area contributed by atoms with E-state index in [0.29, 0.717) is 12.0 Å². The number of nitrogens with one attached hydrogen (secondary N) is 1. The van der Waals surface area contributed by atoms with Crippen molar-refractivity contribution in [3.05, 3.63) is 11.9 Å². The van der Waals surface area contributed by atoms with Gasteiger partial charge < -0.3 is 5.32 Å². The molecular formula is C9H18N4. The monoisotopic (exact) mass is 182 g/mol. The van der Waals surface area contributed by atoms with E-state index < -0.39 is 0 Å². The maximum Gasteiger partial charge on any atom is 0.0727 e. The summed E-state index contributed by atoms with van der Waals surface area (Å²) in [5, 5.41) is 11.0. The van der Waals surface area contributed by atoms with E-state index in [0.717, 1.165) is 6.42 Å². The van der Waals surface area contributed by atoms with E-state index >= 15 is 0 Å². The van der Waals surface area contributed by atoms with Gasteiger partial charge in [-0.15, -0.1) is 5.10 Å². The van der Waals surface area contributed by atoms with E-state index in [1.165, 1.54) is 5.69 Å². The van der Waals surface area contributed by atoms with Crippen molar-refractivity contribution in [2.24, 2.45) is 7.05 Å². The van der Waals surface area contributed by atoms with Crippen LogP contribution in [0.2, 0.25) is 0 Å². The topological polar surface area (TPSA) is 42.7 Å². The molecule has 0 radical (unpaired) electrons. The molecule has 0 fully saturated rings. The number of hydrogen-bond acceptors (Lipinski definition) is 3. The Morgan fingerprint density at radius 1 is 1.54 bits per heavy atom. The lowest BCUT2D eigenvalue weighted by atomic mass is 10.00. The summed E-state index contributed by atoms with van der Waals surface area (Å²) in [5.74, 6) is 0.502. The van der Waals surface area contributed by atoms with Gasteiger partial charge in [0.15, 0.2) is 0 Å². The molecule has 1 heterocycles. The molecule has 1 rings (SSSR count). The van der Waals surface area contributed by atoms with Crippen LogP contribution >= 0.6 is 0 Å². The average molecular weight is 182 g/mol. The summed E-state index contributed by atoms with van der Waals surface area (Å²) in [4.78, 5) is 0. The summed E-state index contributed by atoms with van der Waals surface area (Å²) in [7, 11) is 3.92. The molecule has 0 aromatic carbocycles. The fourth-order valence-electron chi connectivity index (χ4n) is 1.51. The summed E-state index contributed by atoms with van der Waals surface area (Å²) in [6.07, 6.45) is 2.95. The Hall–Kier alpha value is -0.900. The van der Waals surface area contributed by atoms with Crippen molar-refractivity contribution in [2.75, 3.05) is 7.05 Å². The predicted molar refractivity (Wildman–Crippen MR) is 52.6 cm³/mol. The van der Waals surface area contributed by atoms with Gasteiger partial charge in [0.05, 0.1) is 11.9 Å². The molecule has 1 aromatic rings. The highest BCUT2D eigenvalue weighted by Gasteiger charge is 2.12. The SMILES string of the molecule is CNC(C)CC(C)c1cnnn1C. The summed E-state index contributed by atoms with van der Waals surface area (Å²) >= 11 is 0. The molecule has 0 aliphatic rings. The van der Waals surface area contributed by atoms with Crippen molar-refractivity contribution in [1.82, 2.24) is 20.3 Å². The molecule has 0 saturated heterocycles. The van der Waals surface area contributed by atoms with Crippen LogP contribution in [0.1, 0.15) is 31.9 Å². The molecule has 74 valence electrons. The van der Waals surface area contributed by atoms with Gasteiger partial charge >= 0.3 is 0 Å². The van der Waals surface area contributed by atoms with Gasteiger partial charge in [-0.05, 0) is 20.4 Å². The number of aromatic nitrogens is 3. The van der Waals surface area contributed by atoms with E-state index in [-0.39, 0.29) is 0 Å². The first-order chi connectivity index (χ1) is 6.15. The second-order valence-electron chi connectivity index (χ2n) is 3.61. The van der Waals surface area contributed by atoms with Gasteiger partial charge in [0.1, 0.15) is 0 Å². The van der Waals surface area contributed by atoms with Gasteiger partial charge in [0.2, 0.25) is 0 Å². The molecular weight excluding hydrogens is 164 g/mol. The largest absolute Gasteiger partial charge is 0.317 e. The Morgan fingerprint density at radius 2 is 2.23 bits per heavy atom. The molecule has 4 heteroatoms. The van der Waals surface area contributed by atoms with E-state index in [1.54, 1.807) is 0 Å². The van der Waals surface area contributed by atoms with Gasteiger partial charge in [0.25, 0.3) is 0 Å². The third-order valence-electron chi connectivity index (χ3n) is 2.45. The quantitative estimate of drug-likeness (QED) is 0.753. The Bertz CT molecular complexity index is 256. The Labute approximate surface area is 79.3 Å². The van der Waals surface area contributed by atoms with Gasteiger partial charge in [0, 0.05) is 19.0 Å². The minimum Gasteiger partial charge on any atom is -0.317 e. The van der Waals surface area contributed by atoms with Crippen LogP contribution in [0.4, 0.5) is 0 Å². The van der Waals surface area contributed by atoms with E-state index in [9.17, 15) is 0 Å². The summed E-state index contributed by atoms with van der Waals surface area (Å²) in [5.41, 5.74) is 1.20. The second kappa shape index (κ2) is 4.37. The number of hydrogen-bond donors (Lipinski definition) is 1. The maximum absolute atomic E-state index is 3.92. The Kier molecular flexibility index (Phi) is 3.42. The van der Waals surface area contributed by atoms with Crippen LogP contribution in [-0.4, -0.2) is 28.1 Å². The van der Waals surface area contributed by atoms with Crippen LogP contribution in [0.5, 0.6) is 0 Å². The molecule has 4 nitrogen and oxygen atoms in total. The molecule has 1 N–H and O–H groups in total.